The van der Waals surface area contributed by atoms with Gasteiger partial charge in [0.2, 0.25) is 0 Å². The Kier molecular flexibility index (Phi) is 3.11. The molecule has 20 heavy (non-hydrogen) atoms. The zero-order chi connectivity index (χ0) is 14.3. The standard InChI is InChI=1S/C17H13BrN2/c1-11-12(2)20(15-6-3-13(10-19)4-7-15)17-8-5-14(18)9-16(11)17/h3-9H,1-2H3. The first-order chi connectivity index (χ1) is 9.61. The van der Waals surface area contributed by atoms with E-state index >= 15 is 0 Å². The van der Waals surface area contributed by atoms with Crippen LogP contribution in [0.1, 0.15) is 16.8 Å². The van der Waals surface area contributed by atoms with Gasteiger partial charge in [-0.25, -0.2) is 0 Å². The first-order valence-corrected chi connectivity index (χ1v) is 7.19. The largest absolute Gasteiger partial charge is 0.314 e. The molecule has 2 nitrogen and oxygen atoms in total. The predicted molar refractivity (Wildman–Crippen MR) is 85.2 cm³/mol. The van der Waals surface area contributed by atoms with E-state index in [1.807, 2.05) is 24.3 Å². The van der Waals surface area contributed by atoms with Crippen molar-refractivity contribution in [2.45, 2.75) is 13.8 Å². The topological polar surface area (TPSA) is 28.7 Å². The second-order valence-electron chi connectivity index (χ2n) is 4.87. The summed E-state index contributed by atoms with van der Waals surface area (Å²) in [5.41, 5.74) is 5.46. The van der Waals surface area contributed by atoms with E-state index in [2.05, 4.69) is 58.6 Å². The van der Waals surface area contributed by atoms with Crippen molar-refractivity contribution in [1.82, 2.24) is 4.57 Å². The van der Waals surface area contributed by atoms with Crippen LogP contribution < -0.4 is 0 Å². The fourth-order valence-electron chi connectivity index (χ4n) is 2.56. The van der Waals surface area contributed by atoms with Gasteiger partial charge in [0.25, 0.3) is 0 Å². The van der Waals surface area contributed by atoms with Crippen molar-refractivity contribution in [3.05, 3.63) is 63.8 Å². The zero-order valence-corrected chi connectivity index (χ0v) is 12.9. The molecule has 0 unspecified atom stereocenters. The van der Waals surface area contributed by atoms with Crippen LogP contribution in [0.15, 0.2) is 46.9 Å². The van der Waals surface area contributed by atoms with Crippen LogP contribution in [-0.2, 0) is 0 Å². The van der Waals surface area contributed by atoms with Crippen LogP contribution in [0, 0.1) is 25.2 Å². The highest BCUT2D eigenvalue weighted by Gasteiger charge is 2.12. The molecule has 0 atom stereocenters. The number of nitriles is 1. The van der Waals surface area contributed by atoms with E-state index in [0.717, 1.165) is 10.2 Å². The van der Waals surface area contributed by atoms with Crippen LogP contribution in [-0.4, -0.2) is 4.57 Å². The van der Waals surface area contributed by atoms with Crippen molar-refractivity contribution < 1.29 is 0 Å². The van der Waals surface area contributed by atoms with Crippen LogP contribution in [0.2, 0.25) is 0 Å². The number of hydrogen-bond acceptors (Lipinski definition) is 1. The lowest BCUT2D eigenvalue weighted by Crippen LogP contribution is -1.96. The second-order valence-corrected chi connectivity index (χ2v) is 5.78. The third-order valence-electron chi connectivity index (χ3n) is 3.74. The highest BCUT2D eigenvalue weighted by molar-refractivity contribution is 9.10. The van der Waals surface area contributed by atoms with E-state index in [9.17, 15) is 0 Å². The Morgan fingerprint density at radius 3 is 2.40 bits per heavy atom. The molecule has 1 heterocycles. The molecule has 0 aliphatic heterocycles. The lowest BCUT2D eigenvalue weighted by Gasteiger charge is -2.08. The number of aromatic nitrogens is 1. The van der Waals surface area contributed by atoms with Gasteiger partial charge in [-0.1, -0.05) is 15.9 Å². The Labute approximate surface area is 126 Å². The molecule has 0 aliphatic rings. The van der Waals surface area contributed by atoms with E-state index in [0.29, 0.717) is 5.56 Å². The van der Waals surface area contributed by atoms with Crippen molar-refractivity contribution in [3.8, 4) is 11.8 Å². The number of rotatable bonds is 1. The lowest BCUT2D eigenvalue weighted by atomic mass is 10.2. The SMILES string of the molecule is Cc1c(C)n(-c2ccc(C#N)cc2)c2ccc(Br)cc12. The Morgan fingerprint density at radius 1 is 1.05 bits per heavy atom. The number of nitrogens with zero attached hydrogens (tertiary/aromatic N) is 2. The van der Waals surface area contributed by atoms with Gasteiger partial charge in [-0.2, -0.15) is 5.26 Å². The summed E-state index contributed by atoms with van der Waals surface area (Å²) in [7, 11) is 0. The molecule has 3 rings (SSSR count). The summed E-state index contributed by atoms with van der Waals surface area (Å²) in [5.74, 6) is 0. The highest BCUT2D eigenvalue weighted by Crippen LogP contribution is 2.30. The molecule has 98 valence electrons. The smallest absolute Gasteiger partial charge is 0.0991 e. The van der Waals surface area contributed by atoms with Gasteiger partial charge >= 0.3 is 0 Å². The molecule has 0 bridgehead atoms. The average molecular weight is 325 g/mol. The van der Waals surface area contributed by atoms with E-state index in [-0.39, 0.29) is 0 Å². The maximum absolute atomic E-state index is 8.90. The van der Waals surface area contributed by atoms with Crippen molar-refractivity contribution in [2.75, 3.05) is 0 Å². The number of hydrogen-bond donors (Lipinski definition) is 0. The van der Waals surface area contributed by atoms with Gasteiger partial charge in [-0.15, -0.1) is 0 Å². The van der Waals surface area contributed by atoms with Crippen LogP contribution in [0.5, 0.6) is 0 Å². The first kappa shape index (κ1) is 13.0. The molecule has 0 radical (unpaired) electrons. The minimum absolute atomic E-state index is 0.683. The molecule has 3 heteroatoms. The number of halogens is 1. The quantitative estimate of drug-likeness (QED) is 0.627. The molecule has 0 spiro atoms. The molecule has 0 saturated carbocycles. The summed E-state index contributed by atoms with van der Waals surface area (Å²) < 4.78 is 3.32. The molecule has 0 amide bonds. The maximum atomic E-state index is 8.90. The zero-order valence-electron chi connectivity index (χ0n) is 11.3. The first-order valence-electron chi connectivity index (χ1n) is 6.39. The monoisotopic (exact) mass is 324 g/mol. The summed E-state index contributed by atoms with van der Waals surface area (Å²) in [5, 5.41) is 10.1. The fraction of sp³-hybridized carbons (Fsp3) is 0.118. The second kappa shape index (κ2) is 4.81. The van der Waals surface area contributed by atoms with Crippen LogP contribution >= 0.6 is 15.9 Å². The molecule has 3 aromatic rings. The van der Waals surface area contributed by atoms with Crippen LogP contribution in [0.3, 0.4) is 0 Å². The van der Waals surface area contributed by atoms with E-state index in [1.54, 1.807) is 0 Å². The molecule has 0 N–H and O–H groups in total. The Bertz CT molecular complexity index is 836. The van der Waals surface area contributed by atoms with Gasteiger partial charge in [0, 0.05) is 21.2 Å². The summed E-state index contributed by atoms with van der Waals surface area (Å²) in [6, 6.07) is 16.2. The maximum Gasteiger partial charge on any atom is 0.0991 e. The normalized spacial score (nSPS) is 10.7. The minimum atomic E-state index is 0.683. The lowest BCUT2D eigenvalue weighted by molar-refractivity contribution is 1.04. The summed E-state index contributed by atoms with van der Waals surface area (Å²) in [4.78, 5) is 0. The summed E-state index contributed by atoms with van der Waals surface area (Å²) >= 11 is 3.53. The van der Waals surface area contributed by atoms with Crippen molar-refractivity contribution in [2.24, 2.45) is 0 Å². The Hall–Kier alpha value is -2.05. The Balaban J connectivity index is 2.30. The number of benzene rings is 2. The third kappa shape index (κ3) is 1.93. The molecule has 2 aromatic carbocycles. The fourth-order valence-corrected chi connectivity index (χ4v) is 2.93. The predicted octanol–water partition coefficient (Wildman–Crippen LogP) is 4.88. The van der Waals surface area contributed by atoms with Gasteiger partial charge < -0.3 is 4.57 Å². The molecular weight excluding hydrogens is 312 g/mol. The van der Waals surface area contributed by atoms with Crippen LogP contribution in [0.25, 0.3) is 16.6 Å². The van der Waals surface area contributed by atoms with Gasteiger partial charge in [-0.05, 0) is 61.9 Å². The van der Waals surface area contributed by atoms with Crippen molar-refractivity contribution >= 4 is 26.8 Å². The average Bonchev–Trinajstić information content (AvgIpc) is 2.71. The van der Waals surface area contributed by atoms with Gasteiger partial charge in [0.1, 0.15) is 0 Å². The van der Waals surface area contributed by atoms with E-state index in [1.165, 1.54) is 22.2 Å². The van der Waals surface area contributed by atoms with Gasteiger partial charge in [0.15, 0.2) is 0 Å². The van der Waals surface area contributed by atoms with E-state index in [4.69, 9.17) is 5.26 Å². The molecular formula is C17H13BrN2. The number of aryl methyl sites for hydroxylation is 1. The van der Waals surface area contributed by atoms with Crippen molar-refractivity contribution in [3.63, 3.8) is 0 Å². The van der Waals surface area contributed by atoms with Crippen molar-refractivity contribution in [1.29, 1.82) is 5.26 Å². The van der Waals surface area contributed by atoms with E-state index < -0.39 is 0 Å². The molecule has 0 saturated heterocycles. The van der Waals surface area contributed by atoms with Crippen LogP contribution in [0.4, 0.5) is 0 Å². The molecule has 0 fully saturated rings. The minimum Gasteiger partial charge on any atom is -0.314 e. The summed E-state index contributed by atoms with van der Waals surface area (Å²) in [6.07, 6.45) is 0. The highest BCUT2D eigenvalue weighted by atomic mass is 79.9. The third-order valence-corrected chi connectivity index (χ3v) is 4.23. The molecule has 0 aliphatic carbocycles. The van der Waals surface area contributed by atoms with Gasteiger partial charge in [0.05, 0.1) is 17.1 Å². The van der Waals surface area contributed by atoms with Gasteiger partial charge in [-0.3, -0.25) is 0 Å². The molecule has 1 aromatic heterocycles. The summed E-state index contributed by atoms with van der Waals surface area (Å²) in [6.45, 7) is 4.27. The number of fused-ring (bicyclic) bond motifs is 1. The Morgan fingerprint density at radius 2 is 1.75 bits per heavy atom.